The number of amides is 3. The highest BCUT2D eigenvalue weighted by Crippen LogP contribution is 2.21. The minimum absolute atomic E-state index is 0.00295. The number of benzene rings is 1. The standard InChI is InChI=1S/C24H37N5O7/c1-14(30)20(26)22(33)27-17(5-2-3-11-25)23(34)29-12-4-6-19(29)21(32)28-18(24(35)36)13-15-7-9-16(31)10-8-15/h7-10,14,17-20,30-31H,2-6,11-13,25-26H2,1H3,(H,27,33)(H,28,32)(H,35,36). The number of phenols is 1. The van der Waals surface area contributed by atoms with Gasteiger partial charge in [0, 0.05) is 13.0 Å². The molecule has 1 aliphatic rings. The average molecular weight is 508 g/mol. The van der Waals surface area contributed by atoms with Crippen LogP contribution in [0.25, 0.3) is 0 Å². The lowest BCUT2D eigenvalue weighted by molar-refractivity contribution is -0.145. The number of aliphatic hydroxyl groups is 1. The molecule has 5 atom stereocenters. The number of phenolic OH excluding ortho intramolecular Hbond substituents is 1. The number of aliphatic carboxylic acids is 1. The number of nitrogens with zero attached hydrogens (tertiary/aromatic N) is 1. The van der Waals surface area contributed by atoms with Gasteiger partial charge in [-0.15, -0.1) is 0 Å². The highest BCUT2D eigenvalue weighted by atomic mass is 16.4. The second-order valence-corrected chi connectivity index (χ2v) is 9.07. The van der Waals surface area contributed by atoms with Gasteiger partial charge in [-0.3, -0.25) is 14.4 Å². The Hall–Kier alpha value is -3.22. The molecule has 2 rings (SSSR count). The topological polar surface area (TPSA) is 208 Å². The number of nitrogens with one attached hydrogen (secondary N) is 2. The van der Waals surface area contributed by atoms with Crippen molar-refractivity contribution in [3.63, 3.8) is 0 Å². The molecule has 0 bridgehead atoms. The number of likely N-dealkylation sites (tertiary alicyclic amines) is 1. The minimum Gasteiger partial charge on any atom is -0.508 e. The second-order valence-electron chi connectivity index (χ2n) is 9.07. The van der Waals surface area contributed by atoms with Crippen LogP contribution in [-0.2, 0) is 25.6 Å². The molecule has 9 N–H and O–H groups in total. The second kappa shape index (κ2) is 13.8. The molecule has 5 unspecified atom stereocenters. The Balaban J connectivity index is 2.12. The predicted octanol–water partition coefficient (Wildman–Crippen LogP) is -1.18. The number of hydrogen-bond donors (Lipinski definition) is 7. The lowest BCUT2D eigenvalue weighted by Crippen LogP contribution is -2.58. The van der Waals surface area contributed by atoms with Crippen molar-refractivity contribution in [1.29, 1.82) is 0 Å². The van der Waals surface area contributed by atoms with Gasteiger partial charge in [0.15, 0.2) is 0 Å². The van der Waals surface area contributed by atoms with Crippen LogP contribution in [0.4, 0.5) is 0 Å². The summed E-state index contributed by atoms with van der Waals surface area (Å²) in [5, 5.41) is 33.8. The van der Waals surface area contributed by atoms with Gasteiger partial charge in [-0.25, -0.2) is 4.79 Å². The molecule has 0 aliphatic carbocycles. The highest BCUT2D eigenvalue weighted by Gasteiger charge is 2.39. The first-order chi connectivity index (χ1) is 17.0. The fourth-order valence-electron chi connectivity index (χ4n) is 4.08. The summed E-state index contributed by atoms with van der Waals surface area (Å²) < 4.78 is 0. The number of carboxylic acid groups (broad SMARTS) is 1. The van der Waals surface area contributed by atoms with E-state index in [-0.39, 0.29) is 25.1 Å². The lowest BCUT2D eigenvalue weighted by atomic mass is 10.0. The summed E-state index contributed by atoms with van der Waals surface area (Å²) in [6.07, 6.45) is 1.22. The minimum atomic E-state index is -1.23. The van der Waals surface area contributed by atoms with E-state index in [0.717, 1.165) is 0 Å². The fourth-order valence-corrected chi connectivity index (χ4v) is 4.08. The Morgan fingerprint density at radius 1 is 1.11 bits per heavy atom. The van der Waals surface area contributed by atoms with Crippen LogP contribution in [0.1, 0.15) is 44.6 Å². The van der Waals surface area contributed by atoms with E-state index in [0.29, 0.717) is 37.8 Å². The van der Waals surface area contributed by atoms with E-state index in [4.69, 9.17) is 11.5 Å². The number of unbranched alkanes of at least 4 members (excludes halogenated alkanes) is 1. The van der Waals surface area contributed by atoms with E-state index < -0.39 is 54.0 Å². The Labute approximate surface area is 210 Å². The van der Waals surface area contributed by atoms with Gasteiger partial charge in [0.05, 0.1) is 6.10 Å². The van der Waals surface area contributed by atoms with E-state index >= 15 is 0 Å². The van der Waals surface area contributed by atoms with Crippen LogP contribution < -0.4 is 22.1 Å². The molecule has 1 fully saturated rings. The molecule has 36 heavy (non-hydrogen) atoms. The van der Waals surface area contributed by atoms with Gasteiger partial charge in [-0.2, -0.15) is 0 Å². The van der Waals surface area contributed by atoms with E-state index in [2.05, 4.69) is 10.6 Å². The Morgan fingerprint density at radius 2 is 1.78 bits per heavy atom. The van der Waals surface area contributed by atoms with Gasteiger partial charge in [0.2, 0.25) is 17.7 Å². The molecule has 12 heteroatoms. The molecule has 0 spiro atoms. The summed E-state index contributed by atoms with van der Waals surface area (Å²) in [4.78, 5) is 52.0. The summed E-state index contributed by atoms with van der Waals surface area (Å²) >= 11 is 0. The molecule has 1 aliphatic heterocycles. The predicted molar refractivity (Wildman–Crippen MR) is 131 cm³/mol. The number of carbonyl (C=O) groups excluding carboxylic acids is 3. The summed E-state index contributed by atoms with van der Waals surface area (Å²) in [6.45, 7) is 2.06. The molecule has 0 radical (unpaired) electrons. The van der Waals surface area contributed by atoms with Crippen LogP contribution in [0.5, 0.6) is 5.75 Å². The molecular formula is C24H37N5O7. The van der Waals surface area contributed by atoms with Crippen LogP contribution in [0.15, 0.2) is 24.3 Å². The number of carbonyl (C=O) groups is 4. The van der Waals surface area contributed by atoms with Crippen molar-refractivity contribution in [1.82, 2.24) is 15.5 Å². The van der Waals surface area contributed by atoms with Crippen LogP contribution in [0.3, 0.4) is 0 Å². The SMILES string of the molecule is CC(O)C(N)C(=O)NC(CCCCN)C(=O)N1CCCC1C(=O)NC(Cc1ccc(O)cc1)C(=O)O. The maximum atomic E-state index is 13.4. The van der Waals surface area contributed by atoms with E-state index in [1.54, 1.807) is 12.1 Å². The number of nitrogens with two attached hydrogens (primary N) is 2. The van der Waals surface area contributed by atoms with Gasteiger partial charge < -0.3 is 42.3 Å². The smallest absolute Gasteiger partial charge is 0.326 e. The van der Waals surface area contributed by atoms with Crippen molar-refractivity contribution in [2.45, 2.75) is 75.7 Å². The Kier molecular flexibility index (Phi) is 11.1. The maximum Gasteiger partial charge on any atom is 0.326 e. The molecule has 1 aromatic rings. The third-order valence-corrected chi connectivity index (χ3v) is 6.21. The first-order valence-corrected chi connectivity index (χ1v) is 12.1. The van der Waals surface area contributed by atoms with Crippen molar-refractivity contribution >= 4 is 23.7 Å². The number of carboxylic acids is 1. The van der Waals surface area contributed by atoms with Gasteiger partial charge >= 0.3 is 5.97 Å². The van der Waals surface area contributed by atoms with Crippen molar-refractivity contribution < 1.29 is 34.5 Å². The molecule has 0 saturated carbocycles. The zero-order valence-electron chi connectivity index (χ0n) is 20.4. The molecule has 200 valence electrons. The lowest BCUT2D eigenvalue weighted by Gasteiger charge is -2.30. The first-order valence-electron chi connectivity index (χ1n) is 12.1. The van der Waals surface area contributed by atoms with Crippen LogP contribution >= 0.6 is 0 Å². The number of rotatable bonds is 13. The van der Waals surface area contributed by atoms with Gasteiger partial charge in [-0.05, 0) is 63.3 Å². The van der Waals surface area contributed by atoms with Crippen molar-refractivity contribution in [2.24, 2.45) is 11.5 Å². The molecule has 1 aromatic carbocycles. The number of aliphatic hydroxyl groups excluding tert-OH is 1. The Bertz CT molecular complexity index is 909. The molecule has 3 amide bonds. The Morgan fingerprint density at radius 3 is 2.36 bits per heavy atom. The zero-order valence-corrected chi connectivity index (χ0v) is 20.4. The fraction of sp³-hybridized carbons (Fsp3) is 0.583. The monoisotopic (exact) mass is 507 g/mol. The molecular weight excluding hydrogens is 470 g/mol. The summed E-state index contributed by atoms with van der Waals surface area (Å²) in [5.41, 5.74) is 11.9. The molecule has 1 heterocycles. The van der Waals surface area contributed by atoms with E-state index in [1.807, 2.05) is 0 Å². The first kappa shape index (κ1) is 29.0. The molecule has 12 nitrogen and oxygen atoms in total. The molecule has 0 aromatic heterocycles. The third kappa shape index (κ3) is 8.18. The summed E-state index contributed by atoms with van der Waals surface area (Å²) in [6, 6.07) is 1.68. The normalized spacial score (nSPS) is 18.7. The van der Waals surface area contributed by atoms with Gasteiger partial charge in [0.25, 0.3) is 0 Å². The number of hydrogen-bond acceptors (Lipinski definition) is 8. The largest absolute Gasteiger partial charge is 0.508 e. The highest BCUT2D eigenvalue weighted by molar-refractivity contribution is 5.94. The van der Waals surface area contributed by atoms with Gasteiger partial charge in [-0.1, -0.05) is 12.1 Å². The van der Waals surface area contributed by atoms with Crippen molar-refractivity contribution in [3.05, 3.63) is 29.8 Å². The van der Waals surface area contributed by atoms with Crippen LogP contribution in [0, 0.1) is 0 Å². The van der Waals surface area contributed by atoms with E-state index in [1.165, 1.54) is 24.0 Å². The number of aromatic hydroxyl groups is 1. The average Bonchev–Trinajstić information content (AvgIpc) is 3.33. The zero-order chi connectivity index (χ0) is 26.8. The summed E-state index contributed by atoms with van der Waals surface area (Å²) in [5.74, 6) is -2.94. The van der Waals surface area contributed by atoms with Gasteiger partial charge in [0.1, 0.15) is 29.9 Å². The van der Waals surface area contributed by atoms with Crippen molar-refractivity contribution in [2.75, 3.05) is 13.1 Å². The van der Waals surface area contributed by atoms with Crippen LogP contribution in [-0.4, -0.2) is 87.3 Å². The van der Waals surface area contributed by atoms with Crippen molar-refractivity contribution in [3.8, 4) is 5.75 Å². The summed E-state index contributed by atoms with van der Waals surface area (Å²) in [7, 11) is 0. The maximum absolute atomic E-state index is 13.4. The van der Waals surface area contributed by atoms with Crippen LogP contribution in [0.2, 0.25) is 0 Å². The van der Waals surface area contributed by atoms with E-state index in [9.17, 15) is 34.5 Å². The third-order valence-electron chi connectivity index (χ3n) is 6.21. The quantitative estimate of drug-likeness (QED) is 0.160. The molecule has 1 saturated heterocycles.